The second-order valence-corrected chi connectivity index (χ2v) is 3.70. The Morgan fingerprint density at radius 1 is 1.40 bits per heavy atom. The average molecular weight is 145 g/mol. The minimum atomic E-state index is 0.186. The number of rotatable bonds is 3. The van der Waals surface area contributed by atoms with Crippen molar-refractivity contribution in [1.29, 1.82) is 0 Å². The van der Waals surface area contributed by atoms with Gasteiger partial charge in [-0.05, 0) is 27.7 Å². The molecule has 4 N–H and O–H groups in total. The van der Waals surface area contributed by atoms with Crippen LogP contribution >= 0.6 is 0 Å². The molecule has 0 fully saturated rings. The molecule has 62 valence electrons. The van der Waals surface area contributed by atoms with Gasteiger partial charge in [-0.2, -0.15) is 0 Å². The molecule has 0 aliphatic carbocycles. The van der Waals surface area contributed by atoms with Gasteiger partial charge < -0.3 is 5.32 Å². The van der Waals surface area contributed by atoms with Crippen LogP contribution in [0.15, 0.2) is 0 Å². The van der Waals surface area contributed by atoms with Crippen LogP contribution in [0.2, 0.25) is 0 Å². The quantitative estimate of drug-likeness (QED) is 0.393. The Bertz CT molecular complexity index is 85.3. The van der Waals surface area contributed by atoms with E-state index in [0.29, 0.717) is 6.04 Å². The van der Waals surface area contributed by atoms with Crippen molar-refractivity contribution in [2.75, 3.05) is 6.54 Å². The summed E-state index contributed by atoms with van der Waals surface area (Å²) >= 11 is 0. The summed E-state index contributed by atoms with van der Waals surface area (Å²) in [5.41, 5.74) is 2.86. The van der Waals surface area contributed by atoms with E-state index in [9.17, 15) is 0 Å². The largest absolute Gasteiger partial charge is 0.310 e. The predicted octanol–water partition coefficient (Wildman–Crippen LogP) is 0.226. The molecule has 0 spiro atoms. The van der Waals surface area contributed by atoms with E-state index in [1.165, 1.54) is 0 Å². The predicted molar refractivity (Wildman–Crippen MR) is 44.5 cm³/mol. The molecule has 0 aromatic heterocycles. The summed E-state index contributed by atoms with van der Waals surface area (Å²) in [7, 11) is 0. The number of hydrogen-bond acceptors (Lipinski definition) is 3. The molecule has 0 radical (unpaired) electrons. The van der Waals surface area contributed by atoms with Gasteiger partial charge in [0.05, 0.1) is 0 Å². The van der Waals surface area contributed by atoms with Crippen molar-refractivity contribution >= 4 is 0 Å². The number of hydrazine groups is 1. The summed E-state index contributed by atoms with van der Waals surface area (Å²) in [6, 6.07) is 0.333. The van der Waals surface area contributed by atoms with Crippen LogP contribution in [0.25, 0.3) is 0 Å². The molecular weight excluding hydrogens is 126 g/mol. The third-order valence-corrected chi connectivity index (χ3v) is 1.22. The third kappa shape index (κ3) is 6.01. The summed E-state index contributed by atoms with van der Waals surface area (Å²) in [5, 5.41) is 3.33. The fourth-order valence-corrected chi connectivity index (χ4v) is 0.518. The van der Waals surface area contributed by atoms with Gasteiger partial charge in [0.25, 0.3) is 0 Å². The highest BCUT2D eigenvalue weighted by atomic mass is 15.2. The lowest BCUT2D eigenvalue weighted by Crippen LogP contribution is -2.46. The zero-order valence-corrected chi connectivity index (χ0v) is 7.36. The lowest BCUT2D eigenvalue weighted by Gasteiger charge is -2.22. The molecule has 0 heterocycles. The van der Waals surface area contributed by atoms with Gasteiger partial charge in [0.2, 0.25) is 0 Å². The Kier molecular flexibility index (Phi) is 3.86. The van der Waals surface area contributed by atoms with Crippen LogP contribution in [-0.4, -0.2) is 18.1 Å². The molecule has 0 saturated heterocycles. The maximum Gasteiger partial charge on any atom is 0.0307 e. The van der Waals surface area contributed by atoms with Crippen molar-refractivity contribution in [2.45, 2.75) is 39.3 Å². The fourth-order valence-electron chi connectivity index (χ4n) is 0.518. The Morgan fingerprint density at radius 3 is 2.20 bits per heavy atom. The van der Waals surface area contributed by atoms with Crippen LogP contribution in [0.4, 0.5) is 0 Å². The second kappa shape index (κ2) is 3.91. The molecule has 0 aromatic carbocycles. The summed E-state index contributed by atoms with van der Waals surface area (Å²) < 4.78 is 0. The van der Waals surface area contributed by atoms with Crippen LogP contribution in [0.1, 0.15) is 27.7 Å². The standard InChI is InChI=1S/C7H19N3/c1-6(10-8)5-9-7(2,3)4/h6,9-10H,5,8H2,1-4H3. The smallest absolute Gasteiger partial charge is 0.0307 e. The van der Waals surface area contributed by atoms with Crippen molar-refractivity contribution < 1.29 is 0 Å². The van der Waals surface area contributed by atoms with E-state index in [1.54, 1.807) is 0 Å². The first kappa shape index (κ1) is 9.88. The van der Waals surface area contributed by atoms with Crippen LogP contribution in [0.5, 0.6) is 0 Å². The molecule has 0 rings (SSSR count). The zero-order chi connectivity index (χ0) is 8.20. The van der Waals surface area contributed by atoms with Gasteiger partial charge in [-0.1, -0.05) is 0 Å². The van der Waals surface area contributed by atoms with E-state index >= 15 is 0 Å². The minimum absolute atomic E-state index is 0.186. The molecule has 0 aliphatic rings. The van der Waals surface area contributed by atoms with Crippen LogP contribution < -0.4 is 16.6 Å². The maximum absolute atomic E-state index is 5.21. The monoisotopic (exact) mass is 145 g/mol. The molecule has 10 heavy (non-hydrogen) atoms. The molecule has 1 atom stereocenters. The van der Waals surface area contributed by atoms with Gasteiger partial charge in [-0.15, -0.1) is 0 Å². The van der Waals surface area contributed by atoms with Gasteiger partial charge in [0.1, 0.15) is 0 Å². The highest BCUT2D eigenvalue weighted by Crippen LogP contribution is 1.97. The lowest BCUT2D eigenvalue weighted by atomic mass is 10.1. The van der Waals surface area contributed by atoms with Crippen molar-refractivity contribution in [1.82, 2.24) is 10.7 Å². The molecule has 0 bridgehead atoms. The SMILES string of the molecule is CC(CNC(C)(C)C)NN. The van der Waals surface area contributed by atoms with Gasteiger partial charge in [0, 0.05) is 18.1 Å². The fraction of sp³-hybridized carbons (Fsp3) is 1.00. The van der Waals surface area contributed by atoms with Crippen LogP contribution in [0.3, 0.4) is 0 Å². The highest BCUT2D eigenvalue weighted by Gasteiger charge is 2.09. The second-order valence-electron chi connectivity index (χ2n) is 3.70. The van der Waals surface area contributed by atoms with E-state index in [2.05, 4.69) is 31.5 Å². The van der Waals surface area contributed by atoms with Crippen molar-refractivity contribution in [3.8, 4) is 0 Å². The van der Waals surface area contributed by atoms with E-state index in [1.807, 2.05) is 6.92 Å². The first-order chi connectivity index (χ1) is 4.45. The van der Waals surface area contributed by atoms with Crippen molar-refractivity contribution in [2.24, 2.45) is 5.84 Å². The van der Waals surface area contributed by atoms with E-state index in [0.717, 1.165) is 6.54 Å². The summed E-state index contributed by atoms with van der Waals surface area (Å²) in [6.07, 6.45) is 0. The number of nitrogens with one attached hydrogen (secondary N) is 2. The summed E-state index contributed by atoms with van der Waals surface area (Å²) in [4.78, 5) is 0. The molecule has 0 saturated carbocycles. The molecular formula is C7H19N3. The summed E-state index contributed by atoms with van der Waals surface area (Å²) in [5.74, 6) is 5.21. The third-order valence-electron chi connectivity index (χ3n) is 1.22. The van der Waals surface area contributed by atoms with Gasteiger partial charge >= 0.3 is 0 Å². The Balaban J connectivity index is 3.36. The topological polar surface area (TPSA) is 50.1 Å². The van der Waals surface area contributed by atoms with Crippen molar-refractivity contribution in [3.63, 3.8) is 0 Å². The van der Waals surface area contributed by atoms with Crippen LogP contribution in [-0.2, 0) is 0 Å². The van der Waals surface area contributed by atoms with E-state index < -0.39 is 0 Å². The maximum atomic E-state index is 5.21. The molecule has 0 aromatic rings. The van der Waals surface area contributed by atoms with Crippen molar-refractivity contribution in [3.05, 3.63) is 0 Å². The molecule has 3 heteroatoms. The Labute approximate surface area is 63.3 Å². The number of nitrogens with two attached hydrogens (primary N) is 1. The lowest BCUT2D eigenvalue weighted by molar-refractivity contribution is 0.390. The van der Waals surface area contributed by atoms with Crippen LogP contribution in [0, 0.1) is 0 Å². The first-order valence-corrected chi connectivity index (χ1v) is 3.67. The molecule has 0 aliphatic heterocycles. The summed E-state index contributed by atoms with van der Waals surface area (Å²) in [6.45, 7) is 9.35. The van der Waals surface area contributed by atoms with Gasteiger partial charge in [-0.25, -0.2) is 0 Å². The van der Waals surface area contributed by atoms with Gasteiger partial charge in [-0.3, -0.25) is 11.3 Å². The van der Waals surface area contributed by atoms with Gasteiger partial charge in [0.15, 0.2) is 0 Å². The molecule has 1 unspecified atom stereocenters. The Morgan fingerprint density at radius 2 is 1.90 bits per heavy atom. The Hall–Kier alpha value is -0.120. The average Bonchev–Trinajstić information content (AvgIpc) is 1.81. The zero-order valence-electron chi connectivity index (χ0n) is 7.36. The minimum Gasteiger partial charge on any atom is -0.310 e. The molecule has 3 nitrogen and oxygen atoms in total. The number of hydrogen-bond donors (Lipinski definition) is 3. The molecule has 0 amide bonds. The first-order valence-electron chi connectivity index (χ1n) is 3.67. The highest BCUT2D eigenvalue weighted by molar-refractivity contribution is 4.72. The van der Waals surface area contributed by atoms with E-state index in [-0.39, 0.29) is 5.54 Å². The van der Waals surface area contributed by atoms with E-state index in [4.69, 9.17) is 5.84 Å². The normalized spacial score (nSPS) is 15.3.